The van der Waals surface area contributed by atoms with Crippen LogP contribution >= 0.6 is 11.3 Å². The van der Waals surface area contributed by atoms with E-state index in [0.29, 0.717) is 24.4 Å². The standard InChI is InChI=1S/C21H24N4O2S/c1-2-12-25(14-18-23-24-21(27-18)17-9-6-13-28-17)19(15-7-4-3-5-8-15)20(26)22-16-10-11-16/h3-9,13,16,19H,2,10-12,14H2,1H3,(H,22,26)/t19-/m0/s1. The molecule has 1 N–H and O–H groups in total. The number of carbonyl (C=O) groups is 1. The maximum atomic E-state index is 13.1. The van der Waals surface area contributed by atoms with Gasteiger partial charge in [-0.15, -0.1) is 21.5 Å². The Kier molecular flexibility index (Phi) is 5.83. The van der Waals surface area contributed by atoms with Crippen molar-refractivity contribution in [2.75, 3.05) is 6.54 Å². The van der Waals surface area contributed by atoms with E-state index in [1.54, 1.807) is 11.3 Å². The van der Waals surface area contributed by atoms with Crippen molar-refractivity contribution in [2.45, 2.75) is 44.8 Å². The first kappa shape index (κ1) is 18.8. The fraction of sp³-hybridized carbons (Fsp3) is 0.381. The van der Waals surface area contributed by atoms with Crippen LogP contribution in [-0.4, -0.2) is 33.6 Å². The molecule has 6 nitrogen and oxygen atoms in total. The van der Waals surface area contributed by atoms with Crippen molar-refractivity contribution in [1.29, 1.82) is 0 Å². The smallest absolute Gasteiger partial charge is 0.257 e. The van der Waals surface area contributed by atoms with E-state index in [4.69, 9.17) is 4.42 Å². The number of nitrogens with one attached hydrogen (secondary N) is 1. The number of hydrogen-bond donors (Lipinski definition) is 1. The molecular weight excluding hydrogens is 372 g/mol. The van der Waals surface area contributed by atoms with Gasteiger partial charge in [0.15, 0.2) is 0 Å². The Morgan fingerprint density at radius 2 is 2.07 bits per heavy atom. The number of amides is 1. The van der Waals surface area contributed by atoms with Crippen molar-refractivity contribution in [3.63, 3.8) is 0 Å². The van der Waals surface area contributed by atoms with Gasteiger partial charge in [-0.25, -0.2) is 0 Å². The molecular formula is C21H24N4O2S. The van der Waals surface area contributed by atoms with Crippen LogP contribution in [0.1, 0.15) is 43.7 Å². The lowest BCUT2D eigenvalue weighted by Gasteiger charge is -2.29. The van der Waals surface area contributed by atoms with Gasteiger partial charge >= 0.3 is 0 Å². The van der Waals surface area contributed by atoms with Crippen LogP contribution in [0.4, 0.5) is 0 Å². The first-order chi connectivity index (χ1) is 13.7. The topological polar surface area (TPSA) is 71.3 Å². The summed E-state index contributed by atoms with van der Waals surface area (Å²) in [6.45, 7) is 3.30. The van der Waals surface area contributed by atoms with Crippen LogP contribution in [0.25, 0.3) is 10.8 Å². The summed E-state index contributed by atoms with van der Waals surface area (Å²) in [6.07, 6.45) is 3.05. The van der Waals surface area contributed by atoms with Gasteiger partial charge in [-0.2, -0.15) is 0 Å². The summed E-state index contributed by atoms with van der Waals surface area (Å²) in [6, 6.07) is 13.8. The van der Waals surface area contributed by atoms with E-state index >= 15 is 0 Å². The maximum Gasteiger partial charge on any atom is 0.257 e. The van der Waals surface area contributed by atoms with Crippen molar-refractivity contribution in [1.82, 2.24) is 20.4 Å². The highest BCUT2D eigenvalue weighted by Gasteiger charge is 2.32. The molecule has 0 bridgehead atoms. The second-order valence-electron chi connectivity index (χ2n) is 7.04. The molecule has 4 rings (SSSR count). The summed E-state index contributed by atoms with van der Waals surface area (Å²) >= 11 is 1.57. The zero-order valence-corrected chi connectivity index (χ0v) is 16.7. The average Bonchev–Trinajstić information content (AvgIpc) is 3.17. The first-order valence-electron chi connectivity index (χ1n) is 9.70. The van der Waals surface area contributed by atoms with Crippen molar-refractivity contribution >= 4 is 17.2 Å². The predicted octanol–water partition coefficient (Wildman–Crippen LogP) is 4.03. The van der Waals surface area contributed by atoms with Crippen LogP contribution in [0.5, 0.6) is 0 Å². The maximum absolute atomic E-state index is 13.1. The lowest BCUT2D eigenvalue weighted by atomic mass is 10.0. The lowest BCUT2D eigenvalue weighted by molar-refractivity contribution is -0.127. The summed E-state index contributed by atoms with van der Waals surface area (Å²) in [5, 5.41) is 13.5. The first-order valence-corrected chi connectivity index (χ1v) is 10.6. The quantitative estimate of drug-likeness (QED) is 0.591. The van der Waals surface area contributed by atoms with E-state index in [9.17, 15) is 4.79 Å². The Hall–Kier alpha value is -2.51. The van der Waals surface area contributed by atoms with Crippen molar-refractivity contribution in [3.05, 3.63) is 59.3 Å². The number of carbonyl (C=O) groups excluding carboxylic acids is 1. The van der Waals surface area contributed by atoms with Gasteiger partial charge in [-0.3, -0.25) is 9.69 Å². The minimum absolute atomic E-state index is 0.0418. The van der Waals surface area contributed by atoms with E-state index in [1.165, 1.54) is 0 Å². The molecule has 2 heterocycles. The molecule has 0 aliphatic heterocycles. The molecule has 1 aromatic carbocycles. The molecule has 2 aromatic heterocycles. The Balaban J connectivity index is 1.58. The van der Waals surface area contributed by atoms with E-state index in [1.807, 2.05) is 47.8 Å². The summed E-state index contributed by atoms with van der Waals surface area (Å²) in [5.41, 5.74) is 0.979. The number of hydrogen-bond acceptors (Lipinski definition) is 6. The van der Waals surface area contributed by atoms with Gasteiger partial charge in [-0.1, -0.05) is 43.3 Å². The van der Waals surface area contributed by atoms with Gasteiger partial charge in [0, 0.05) is 6.04 Å². The van der Waals surface area contributed by atoms with E-state index < -0.39 is 0 Å². The minimum Gasteiger partial charge on any atom is -0.419 e. The predicted molar refractivity (Wildman–Crippen MR) is 109 cm³/mol. The number of nitrogens with zero attached hydrogens (tertiary/aromatic N) is 3. The van der Waals surface area contributed by atoms with Crippen molar-refractivity contribution in [2.24, 2.45) is 0 Å². The average molecular weight is 397 g/mol. The zero-order chi connectivity index (χ0) is 19.3. The van der Waals surface area contributed by atoms with Gasteiger partial charge in [0.05, 0.1) is 11.4 Å². The lowest BCUT2D eigenvalue weighted by Crippen LogP contribution is -2.41. The molecule has 0 radical (unpaired) electrons. The fourth-order valence-electron chi connectivity index (χ4n) is 3.25. The molecule has 1 aliphatic rings. The third kappa shape index (κ3) is 4.48. The fourth-order valence-corrected chi connectivity index (χ4v) is 3.89. The van der Waals surface area contributed by atoms with Gasteiger partial charge in [0.2, 0.25) is 11.8 Å². The minimum atomic E-state index is -0.376. The van der Waals surface area contributed by atoms with E-state index in [0.717, 1.165) is 36.2 Å². The number of thiophene rings is 1. The van der Waals surface area contributed by atoms with Crippen LogP contribution in [0.3, 0.4) is 0 Å². The summed E-state index contributed by atoms with van der Waals surface area (Å²) < 4.78 is 5.88. The molecule has 0 saturated heterocycles. The Labute approximate surface area is 168 Å². The highest BCUT2D eigenvalue weighted by molar-refractivity contribution is 7.13. The molecule has 1 fully saturated rings. The van der Waals surface area contributed by atoms with Crippen molar-refractivity contribution < 1.29 is 9.21 Å². The molecule has 0 unspecified atom stereocenters. The Bertz CT molecular complexity index is 890. The molecule has 1 amide bonds. The molecule has 1 aliphatic carbocycles. The van der Waals surface area contributed by atoms with Crippen molar-refractivity contribution in [3.8, 4) is 10.8 Å². The molecule has 7 heteroatoms. The van der Waals surface area contributed by atoms with Crippen LogP contribution in [0.15, 0.2) is 52.3 Å². The Morgan fingerprint density at radius 1 is 1.25 bits per heavy atom. The highest BCUT2D eigenvalue weighted by atomic mass is 32.1. The molecule has 1 atom stereocenters. The second-order valence-corrected chi connectivity index (χ2v) is 7.99. The van der Waals surface area contributed by atoms with Gasteiger partial charge in [0.1, 0.15) is 6.04 Å². The third-order valence-corrected chi connectivity index (χ3v) is 5.56. The summed E-state index contributed by atoms with van der Waals surface area (Å²) in [4.78, 5) is 16.1. The van der Waals surface area contributed by atoms with E-state index in [2.05, 4.69) is 27.3 Å². The second kappa shape index (κ2) is 8.67. The number of benzene rings is 1. The van der Waals surface area contributed by atoms with Crippen LogP contribution < -0.4 is 5.32 Å². The monoisotopic (exact) mass is 396 g/mol. The highest BCUT2D eigenvalue weighted by Crippen LogP contribution is 2.28. The van der Waals surface area contributed by atoms with Crippen LogP contribution in [0.2, 0.25) is 0 Å². The number of aromatic nitrogens is 2. The van der Waals surface area contributed by atoms with Gasteiger partial charge < -0.3 is 9.73 Å². The SMILES string of the molecule is CCCN(Cc1nnc(-c2cccs2)o1)[C@H](C(=O)NC1CC1)c1ccccc1. The molecule has 3 aromatic rings. The molecule has 1 saturated carbocycles. The summed E-state index contributed by atoms with van der Waals surface area (Å²) in [5.74, 6) is 1.09. The molecule has 28 heavy (non-hydrogen) atoms. The molecule has 0 spiro atoms. The van der Waals surface area contributed by atoms with Crippen LogP contribution in [0, 0.1) is 0 Å². The largest absolute Gasteiger partial charge is 0.419 e. The molecule has 146 valence electrons. The Morgan fingerprint density at radius 3 is 2.75 bits per heavy atom. The van der Waals surface area contributed by atoms with Gasteiger partial charge in [0.25, 0.3) is 5.89 Å². The number of rotatable bonds is 9. The summed E-state index contributed by atoms with van der Waals surface area (Å²) in [7, 11) is 0. The normalized spacial score (nSPS) is 14.9. The van der Waals surface area contributed by atoms with Crippen LogP contribution in [-0.2, 0) is 11.3 Å². The van der Waals surface area contributed by atoms with Gasteiger partial charge in [-0.05, 0) is 42.8 Å². The van der Waals surface area contributed by atoms with E-state index in [-0.39, 0.29) is 11.9 Å². The zero-order valence-electron chi connectivity index (χ0n) is 15.9. The third-order valence-electron chi connectivity index (χ3n) is 4.70.